The van der Waals surface area contributed by atoms with Crippen molar-refractivity contribution in [2.75, 3.05) is 6.61 Å². The molecule has 0 unspecified atom stereocenters. The molecule has 0 aromatic carbocycles. The third kappa shape index (κ3) is 2.70. The fraction of sp³-hybridized carbons (Fsp3) is 0.300. The Labute approximate surface area is 103 Å². The summed E-state index contributed by atoms with van der Waals surface area (Å²) in [7, 11) is 0. The molecule has 4 nitrogen and oxygen atoms in total. The molecule has 0 atom stereocenters. The second kappa shape index (κ2) is 5.27. The Morgan fingerprint density at radius 3 is 3.25 bits per heavy atom. The second-order valence-electron chi connectivity index (χ2n) is 3.03. The summed E-state index contributed by atoms with van der Waals surface area (Å²) in [5.41, 5.74) is 0.950. The summed E-state index contributed by atoms with van der Waals surface area (Å²) in [6, 6.07) is 1.87. The Morgan fingerprint density at radius 2 is 2.50 bits per heavy atom. The highest BCUT2D eigenvalue weighted by Gasteiger charge is 2.04. The van der Waals surface area contributed by atoms with Gasteiger partial charge < -0.3 is 4.74 Å². The van der Waals surface area contributed by atoms with E-state index in [-0.39, 0.29) is 0 Å². The van der Waals surface area contributed by atoms with Crippen LogP contribution in [0.3, 0.4) is 0 Å². The van der Waals surface area contributed by atoms with Crippen molar-refractivity contribution in [1.82, 2.24) is 14.4 Å². The van der Waals surface area contributed by atoms with Crippen molar-refractivity contribution in [1.29, 1.82) is 0 Å². The van der Waals surface area contributed by atoms with Gasteiger partial charge in [0, 0.05) is 24.3 Å². The van der Waals surface area contributed by atoms with Gasteiger partial charge in [0.2, 0.25) is 10.2 Å². The van der Waals surface area contributed by atoms with Crippen LogP contribution in [0.2, 0.25) is 0 Å². The molecule has 0 bridgehead atoms. The third-order valence-corrected chi connectivity index (χ3v) is 3.15. The van der Waals surface area contributed by atoms with E-state index in [1.807, 2.05) is 29.8 Å². The van der Waals surface area contributed by atoms with Gasteiger partial charge in [0.1, 0.15) is 0 Å². The Balaban J connectivity index is 2.02. The van der Waals surface area contributed by atoms with Crippen molar-refractivity contribution in [3.05, 3.63) is 30.4 Å². The molecule has 16 heavy (non-hydrogen) atoms. The van der Waals surface area contributed by atoms with Crippen LogP contribution in [0.5, 0.6) is 0 Å². The number of aromatic nitrogens is 3. The zero-order valence-electron chi connectivity index (χ0n) is 8.79. The quantitative estimate of drug-likeness (QED) is 0.785. The van der Waals surface area contributed by atoms with E-state index in [9.17, 15) is 0 Å². The van der Waals surface area contributed by atoms with E-state index in [0.717, 1.165) is 5.69 Å². The van der Waals surface area contributed by atoms with E-state index < -0.39 is 0 Å². The maximum absolute atomic E-state index is 5.18. The second-order valence-corrected chi connectivity index (χ2v) is 4.61. The van der Waals surface area contributed by atoms with Gasteiger partial charge in [-0.05, 0) is 25.2 Å². The number of thiocarbonyl (C=S) groups is 1. The first-order valence-electron chi connectivity index (χ1n) is 4.87. The molecule has 2 aromatic heterocycles. The number of hydrogen-bond acceptors (Lipinski definition) is 5. The molecular formula is C10H11N3OS2. The number of ether oxygens (including phenoxy) is 1. The van der Waals surface area contributed by atoms with E-state index in [4.69, 9.17) is 17.0 Å². The zero-order chi connectivity index (χ0) is 11.4. The molecule has 2 aromatic rings. The minimum absolute atomic E-state index is 0.563. The molecule has 0 spiro atoms. The van der Waals surface area contributed by atoms with Gasteiger partial charge in [-0.2, -0.15) is 0 Å². The predicted molar refractivity (Wildman–Crippen MR) is 68.5 cm³/mol. The molecule has 0 N–H and O–H groups in total. The average Bonchev–Trinajstić information content (AvgIpc) is 2.69. The van der Waals surface area contributed by atoms with Gasteiger partial charge in [-0.15, -0.1) is 0 Å². The highest BCUT2D eigenvalue weighted by molar-refractivity contribution is 8.22. The van der Waals surface area contributed by atoms with Crippen LogP contribution in [0.1, 0.15) is 12.6 Å². The van der Waals surface area contributed by atoms with Gasteiger partial charge in [-0.25, -0.2) is 9.97 Å². The molecule has 6 heteroatoms. The van der Waals surface area contributed by atoms with E-state index in [1.165, 1.54) is 11.8 Å². The third-order valence-electron chi connectivity index (χ3n) is 1.89. The monoisotopic (exact) mass is 253 g/mol. The maximum Gasteiger partial charge on any atom is 0.233 e. The van der Waals surface area contributed by atoms with Gasteiger partial charge >= 0.3 is 0 Å². The lowest BCUT2D eigenvalue weighted by Crippen LogP contribution is -1.96. The van der Waals surface area contributed by atoms with Crippen molar-refractivity contribution in [2.24, 2.45) is 0 Å². The lowest BCUT2D eigenvalue weighted by Gasteiger charge is -2.01. The van der Waals surface area contributed by atoms with Gasteiger partial charge in [0.15, 0.2) is 0 Å². The SMILES string of the molecule is CCOC(=S)SCc1cn2cccnc2n1. The first kappa shape index (κ1) is 11.3. The molecule has 0 aliphatic heterocycles. The molecular weight excluding hydrogens is 242 g/mol. The van der Waals surface area contributed by atoms with E-state index in [1.54, 1.807) is 6.20 Å². The smallest absolute Gasteiger partial charge is 0.233 e. The van der Waals surface area contributed by atoms with Gasteiger partial charge in [-0.3, -0.25) is 4.40 Å². The normalized spacial score (nSPS) is 10.6. The fourth-order valence-electron chi connectivity index (χ4n) is 1.24. The van der Waals surface area contributed by atoms with Crippen molar-refractivity contribution in [3.8, 4) is 0 Å². The number of nitrogens with zero attached hydrogens (tertiary/aromatic N) is 3. The predicted octanol–water partition coefficient (Wildman–Crippen LogP) is 2.28. The van der Waals surface area contributed by atoms with Crippen molar-refractivity contribution in [3.63, 3.8) is 0 Å². The Morgan fingerprint density at radius 1 is 1.62 bits per heavy atom. The van der Waals surface area contributed by atoms with Crippen LogP contribution in [-0.2, 0) is 10.5 Å². The van der Waals surface area contributed by atoms with Crippen LogP contribution >= 0.6 is 24.0 Å². The van der Waals surface area contributed by atoms with Crippen molar-refractivity contribution >= 4 is 34.1 Å². The van der Waals surface area contributed by atoms with Crippen molar-refractivity contribution in [2.45, 2.75) is 12.7 Å². The standard InChI is InChI=1S/C10H11N3OS2/c1-2-14-10(15)16-7-8-6-13-5-3-4-11-9(13)12-8/h3-6H,2,7H2,1H3. The van der Waals surface area contributed by atoms with E-state index in [0.29, 0.717) is 22.5 Å². The van der Waals surface area contributed by atoms with Gasteiger partial charge in [0.25, 0.3) is 0 Å². The molecule has 0 aliphatic rings. The van der Waals surface area contributed by atoms with Crippen molar-refractivity contribution < 1.29 is 4.74 Å². The lowest BCUT2D eigenvalue weighted by atomic mass is 10.6. The summed E-state index contributed by atoms with van der Waals surface area (Å²) in [5.74, 6) is 1.42. The fourth-order valence-corrected chi connectivity index (χ4v) is 2.14. The highest BCUT2D eigenvalue weighted by Crippen LogP contribution is 2.14. The van der Waals surface area contributed by atoms with Crippen LogP contribution < -0.4 is 0 Å². The van der Waals surface area contributed by atoms with Gasteiger partial charge in [-0.1, -0.05) is 11.8 Å². The van der Waals surface area contributed by atoms with Crippen LogP contribution in [-0.4, -0.2) is 25.4 Å². The average molecular weight is 253 g/mol. The summed E-state index contributed by atoms with van der Waals surface area (Å²) in [6.45, 7) is 2.53. The number of fused-ring (bicyclic) bond motifs is 1. The number of hydrogen-bond donors (Lipinski definition) is 0. The van der Waals surface area contributed by atoms with E-state index in [2.05, 4.69) is 9.97 Å². The van der Waals surface area contributed by atoms with Crippen LogP contribution in [0.4, 0.5) is 0 Å². The Bertz CT molecular complexity index is 465. The summed E-state index contributed by atoms with van der Waals surface area (Å²) in [5, 5.41) is 0. The first-order chi connectivity index (χ1) is 7.79. The van der Waals surface area contributed by atoms with Crippen LogP contribution in [0.25, 0.3) is 5.78 Å². The van der Waals surface area contributed by atoms with Crippen LogP contribution in [0, 0.1) is 0 Å². The Hall–Kier alpha value is -1.14. The van der Waals surface area contributed by atoms with E-state index >= 15 is 0 Å². The zero-order valence-corrected chi connectivity index (χ0v) is 10.4. The first-order valence-corrected chi connectivity index (χ1v) is 6.27. The molecule has 0 fully saturated rings. The number of rotatable bonds is 3. The Kier molecular flexibility index (Phi) is 3.74. The minimum Gasteiger partial charge on any atom is -0.479 e. The van der Waals surface area contributed by atoms with Crippen LogP contribution in [0.15, 0.2) is 24.7 Å². The molecule has 0 saturated carbocycles. The number of thioether (sulfide) groups is 1. The lowest BCUT2D eigenvalue weighted by molar-refractivity contribution is 0.346. The molecule has 84 valence electrons. The topological polar surface area (TPSA) is 39.4 Å². The largest absolute Gasteiger partial charge is 0.479 e. The summed E-state index contributed by atoms with van der Waals surface area (Å²) in [6.07, 6.45) is 5.60. The molecule has 2 heterocycles. The summed E-state index contributed by atoms with van der Waals surface area (Å²) in [4.78, 5) is 8.50. The molecule has 0 radical (unpaired) electrons. The highest BCUT2D eigenvalue weighted by atomic mass is 32.2. The molecule has 0 aliphatic carbocycles. The van der Waals surface area contributed by atoms with Gasteiger partial charge in [0.05, 0.1) is 12.3 Å². The summed E-state index contributed by atoms with van der Waals surface area (Å²) < 4.78 is 7.63. The molecule has 2 rings (SSSR count). The molecule has 0 saturated heterocycles. The molecule has 0 amide bonds. The maximum atomic E-state index is 5.18. The number of imidazole rings is 1. The summed E-state index contributed by atoms with van der Waals surface area (Å²) >= 11 is 6.50. The minimum atomic E-state index is 0.563.